The quantitative estimate of drug-likeness (QED) is 0.722. The first-order chi connectivity index (χ1) is 13.0. The highest BCUT2D eigenvalue weighted by Crippen LogP contribution is 2.33. The van der Waals surface area contributed by atoms with Crippen LogP contribution in [0.5, 0.6) is 5.75 Å². The Morgan fingerprint density at radius 3 is 2.59 bits per heavy atom. The third kappa shape index (κ3) is 5.45. The molecular weight excluding hydrogens is 348 g/mol. The molecule has 1 saturated carbocycles. The molecule has 0 spiro atoms. The summed E-state index contributed by atoms with van der Waals surface area (Å²) in [6.07, 6.45) is 3.35. The lowest BCUT2D eigenvalue weighted by molar-refractivity contribution is -0.144. The Labute approximate surface area is 158 Å². The van der Waals surface area contributed by atoms with Crippen molar-refractivity contribution in [3.8, 4) is 5.75 Å². The van der Waals surface area contributed by atoms with Gasteiger partial charge in [0.25, 0.3) is 0 Å². The summed E-state index contributed by atoms with van der Waals surface area (Å²) in [6.45, 7) is 1.25. The van der Waals surface area contributed by atoms with Crippen LogP contribution in [0.1, 0.15) is 32.1 Å². The highest BCUT2D eigenvalue weighted by Gasteiger charge is 2.39. The fourth-order valence-corrected chi connectivity index (χ4v) is 3.43. The van der Waals surface area contributed by atoms with Crippen molar-refractivity contribution in [2.24, 2.45) is 11.8 Å². The molecule has 0 bridgehead atoms. The molecule has 2 atom stereocenters. The van der Waals surface area contributed by atoms with Crippen LogP contribution in [0.3, 0.4) is 0 Å². The minimum atomic E-state index is -0.979. The predicted molar refractivity (Wildman–Crippen MR) is 98.1 cm³/mol. The van der Waals surface area contributed by atoms with E-state index in [1.807, 2.05) is 30.3 Å². The number of piperidine rings is 1. The number of carbonyl (C=O) groups excluding carboxylic acids is 2. The zero-order valence-electron chi connectivity index (χ0n) is 15.3. The van der Waals surface area contributed by atoms with Crippen molar-refractivity contribution in [2.75, 3.05) is 19.7 Å². The van der Waals surface area contributed by atoms with Gasteiger partial charge in [0.1, 0.15) is 11.8 Å². The number of nitrogens with zero attached hydrogens (tertiary/aromatic N) is 1. The van der Waals surface area contributed by atoms with Crippen LogP contribution >= 0.6 is 0 Å². The van der Waals surface area contributed by atoms with Crippen LogP contribution in [-0.2, 0) is 14.4 Å². The second kappa shape index (κ2) is 8.88. The van der Waals surface area contributed by atoms with Gasteiger partial charge >= 0.3 is 5.97 Å². The van der Waals surface area contributed by atoms with E-state index in [0.717, 1.165) is 25.0 Å². The summed E-state index contributed by atoms with van der Waals surface area (Å²) in [5.74, 6) is -0.859. The Kier molecular flexibility index (Phi) is 6.32. The fourth-order valence-electron chi connectivity index (χ4n) is 3.43. The third-order valence-corrected chi connectivity index (χ3v) is 5.13. The Bertz CT molecular complexity index is 674. The fraction of sp³-hybridized carbons (Fsp3) is 0.550. The molecule has 1 heterocycles. The second-order valence-electron chi connectivity index (χ2n) is 7.25. The zero-order valence-corrected chi connectivity index (χ0v) is 15.3. The van der Waals surface area contributed by atoms with Gasteiger partial charge in [-0.25, -0.2) is 4.79 Å². The molecular formula is C20H26N2O5. The van der Waals surface area contributed by atoms with E-state index in [1.54, 1.807) is 4.90 Å². The first-order valence-corrected chi connectivity index (χ1v) is 9.53. The van der Waals surface area contributed by atoms with Gasteiger partial charge in [-0.1, -0.05) is 18.2 Å². The lowest BCUT2D eigenvalue weighted by Crippen LogP contribution is -2.50. The summed E-state index contributed by atoms with van der Waals surface area (Å²) in [5, 5.41) is 11.9. The number of ether oxygens (including phenoxy) is 1. The third-order valence-electron chi connectivity index (χ3n) is 5.13. The van der Waals surface area contributed by atoms with E-state index in [9.17, 15) is 19.5 Å². The first kappa shape index (κ1) is 19.2. The van der Waals surface area contributed by atoms with Gasteiger partial charge in [-0.2, -0.15) is 0 Å². The number of benzene rings is 1. The lowest BCUT2D eigenvalue weighted by Gasteiger charge is -2.32. The number of hydrogen-bond acceptors (Lipinski definition) is 4. The van der Waals surface area contributed by atoms with Crippen LogP contribution in [-0.4, -0.2) is 53.5 Å². The largest absolute Gasteiger partial charge is 0.493 e. The van der Waals surface area contributed by atoms with Gasteiger partial charge < -0.3 is 20.1 Å². The van der Waals surface area contributed by atoms with Crippen molar-refractivity contribution < 1.29 is 24.2 Å². The van der Waals surface area contributed by atoms with Gasteiger partial charge in [0.05, 0.1) is 18.9 Å². The smallest absolute Gasteiger partial charge is 0.326 e. The zero-order chi connectivity index (χ0) is 19.2. The number of para-hydroxylation sites is 1. The van der Waals surface area contributed by atoms with Gasteiger partial charge in [0.2, 0.25) is 11.8 Å². The number of aliphatic carboxylic acids is 1. The molecule has 146 valence electrons. The van der Waals surface area contributed by atoms with E-state index in [4.69, 9.17) is 4.74 Å². The average molecular weight is 374 g/mol. The average Bonchev–Trinajstić information content (AvgIpc) is 3.51. The summed E-state index contributed by atoms with van der Waals surface area (Å²) in [4.78, 5) is 37.9. The van der Waals surface area contributed by atoms with Gasteiger partial charge in [-0.05, 0) is 43.7 Å². The van der Waals surface area contributed by atoms with E-state index in [2.05, 4.69) is 5.32 Å². The van der Waals surface area contributed by atoms with Crippen molar-refractivity contribution in [1.82, 2.24) is 10.2 Å². The summed E-state index contributed by atoms with van der Waals surface area (Å²) in [7, 11) is 0. The monoisotopic (exact) mass is 374 g/mol. The number of rotatable bonds is 8. The molecule has 3 rings (SSSR count). The maximum absolute atomic E-state index is 12.5. The molecule has 0 radical (unpaired) electrons. The second-order valence-corrected chi connectivity index (χ2v) is 7.25. The number of carboxylic acid groups (broad SMARTS) is 1. The molecule has 0 aromatic heterocycles. The molecule has 2 unspecified atom stereocenters. The van der Waals surface area contributed by atoms with Crippen LogP contribution in [0.2, 0.25) is 0 Å². The van der Waals surface area contributed by atoms with Crippen LogP contribution in [0, 0.1) is 11.8 Å². The van der Waals surface area contributed by atoms with E-state index in [1.165, 1.54) is 0 Å². The molecule has 2 amide bonds. The summed E-state index contributed by atoms with van der Waals surface area (Å²) >= 11 is 0. The molecule has 1 aromatic carbocycles. The topological polar surface area (TPSA) is 95.9 Å². The summed E-state index contributed by atoms with van der Waals surface area (Å²) in [5.41, 5.74) is 0. The molecule has 2 fully saturated rings. The maximum atomic E-state index is 12.5. The van der Waals surface area contributed by atoms with E-state index >= 15 is 0 Å². The SMILES string of the molecule is O=C(NC(C(=O)O)C1CC1)C1CCCN(C(=O)CCOc2ccccc2)C1. The Hall–Kier alpha value is -2.57. The molecule has 1 saturated heterocycles. The highest BCUT2D eigenvalue weighted by atomic mass is 16.5. The standard InChI is InChI=1S/C20H26N2O5/c23-17(10-12-27-16-6-2-1-3-7-16)22-11-4-5-15(13-22)19(24)21-18(20(25)26)14-8-9-14/h1-3,6-7,14-15,18H,4-5,8-13H2,(H,21,24)(H,25,26). The van der Waals surface area contributed by atoms with Crippen molar-refractivity contribution in [2.45, 2.75) is 38.1 Å². The van der Waals surface area contributed by atoms with Crippen LogP contribution in [0.25, 0.3) is 0 Å². The van der Waals surface area contributed by atoms with E-state index in [-0.39, 0.29) is 30.1 Å². The molecule has 7 heteroatoms. The van der Waals surface area contributed by atoms with Gasteiger partial charge in [-0.3, -0.25) is 9.59 Å². The molecule has 2 aliphatic rings. The van der Waals surface area contributed by atoms with Crippen molar-refractivity contribution in [1.29, 1.82) is 0 Å². The predicted octanol–water partition coefficient (Wildman–Crippen LogP) is 1.67. The maximum Gasteiger partial charge on any atom is 0.326 e. The molecule has 2 N–H and O–H groups in total. The van der Waals surface area contributed by atoms with Crippen molar-refractivity contribution in [3.05, 3.63) is 30.3 Å². The number of hydrogen-bond donors (Lipinski definition) is 2. The van der Waals surface area contributed by atoms with Crippen LogP contribution < -0.4 is 10.1 Å². The number of likely N-dealkylation sites (tertiary alicyclic amines) is 1. The number of carbonyl (C=O) groups is 3. The molecule has 1 aliphatic heterocycles. The Balaban J connectivity index is 1.45. The van der Waals surface area contributed by atoms with Crippen LogP contribution in [0.4, 0.5) is 0 Å². The minimum Gasteiger partial charge on any atom is -0.493 e. The summed E-state index contributed by atoms with van der Waals surface area (Å²) < 4.78 is 5.56. The van der Waals surface area contributed by atoms with Gasteiger partial charge in [0.15, 0.2) is 0 Å². The molecule has 27 heavy (non-hydrogen) atoms. The highest BCUT2D eigenvalue weighted by molar-refractivity contribution is 5.86. The molecule has 1 aliphatic carbocycles. The van der Waals surface area contributed by atoms with Crippen LogP contribution in [0.15, 0.2) is 30.3 Å². The van der Waals surface area contributed by atoms with Crippen molar-refractivity contribution in [3.63, 3.8) is 0 Å². The normalized spacial score (nSPS) is 20.6. The molecule has 1 aromatic rings. The van der Waals surface area contributed by atoms with Gasteiger partial charge in [0, 0.05) is 13.1 Å². The number of amides is 2. The first-order valence-electron chi connectivity index (χ1n) is 9.53. The van der Waals surface area contributed by atoms with E-state index in [0.29, 0.717) is 26.1 Å². The molecule has 7 nitrogen and oxygen atoms in total. The van der Waals surface area contributed by atoms with E-state index < -0.39 is 12.0 Å². The lowest BCUT2D eigenvalue weighted by atomic mass is 9.96. The van der Waals surface area contributed by atoms with Gasteiger partial charge in [-0.15, -0.1) is 0 Å². The minimum absolute atomic E-state index is 0.0413. The summed E-state index contributed by atoms with van der Waals surface area (Å²) in [6, 6.07) is 8.51. The van der Waals surface area contributed by atoms with Crippen molar-refractivity contribution >= 4 is 17.8 Å². The number of nitrogens with one attached hydrogen (secondary N) is 1. The number of carboxylic acids is 1. The Morgan fingerprint density at radius 2 is 1.93 bits per heavy atom. The Morgan fingerprint density at radius 1 is 1.19 bits per heavy atom.